The number of halogens is 2. The van der Waals surface area contributed by atoms with Crippen molar-refractivity contribution in [2.75, 3.05) is 5.32 Å². The molecule has 3 heterocycles. The molecule has 1 amide bonds. The first-order valence-electron chi connectivity index (χ1n) is 8.14. The van der Waals surface area contributed by atoms with Gasteiger partial charge in [-0.25, -0.2) is 9.97 Å². The minimum atomic E-state index is -0.175. The van der Waals surface area contributed by atoms with Gasteiger partial charge in [-0.15, -0.1) is 22.7 Å². The van der Waals surface area contributed by atoms with Crippen molar-refractivity contribution in [2.24, 2.45) is 0 Å². The molecule has 0 aliphatic carbocycles. The maximum Gasteiger partial charge on any atom is 0.232 e. The molecule has 140 valence electrons. The number of rotatable bonds is 5. The van der Waals surface area contributed by atoms with Gasteiger partial charge in [0.25, 0.3) is 0 Å². The Labute approximate surface area is 179 Å². The summed E-state index contributed by atoms with van der Waals surface area (Å²) >= 11 is 15.0. The second-order valence-corrected chi connectivity index (χ2v) is 8.33. The maximum absolute atomic E-state index is 12.3. The second kappa shape index (κ2) is 8.36. The van der Waals surface area contributed by atoms with Crippen LogP contribution in [0.4, 0.5) is 5.13 Å². The summed E-state index contributed by atoms with van der Waals surface area (Å²) in [5.41, 5.74) is 3.10. The van der Waals surface area contributed by atoms with Crippen LogP contribution in [-0.2, 0) is 11.2 Å². The zero-order valence-electron chi connectivity index (χ0n) is 14.2. The van der Waals surface area contributed by atoms with E-state index in [1.54, 1.807) is 30.6 Å². The van der Waals surface area contributed by atoms with Gasteiger partial charge in [-0.05, 0) is 30.3 Å². The van der Waals surface area contributed by atoms with Crippen LogP contribution in [0.25, 0.3) is 21.8 Å². The molecule has 1 aromatic carbocycles. The van der Waals surface area contributed by atoms with Gasteiger partial charge < -0.3 is 5.32 Å². The highest BCUT2D eigenvalue weighted by Crippen LogP contribution is 2.32. The molecular weight excluding hydrogens is 435 g/mol. The van der Waals surface area contributed by atoms with Crippen LogP contribution in [0.3, 0.4) is 0 Å². The van der Waals surface area contributed by atoms with Gasteiger partial charge in [0.1, 0.15) is 5.01 Å². The Morgan fingerprint density at radius 2 is 2.00 bits per heavy atom. The number of hydrogen-bond donors (Lipinski definition) is 1. The van der Waals surface area contributed by atoms with E-state index in [4.69, 9.17) is 23.2 Å². The molecule has 9 heteroatoms. The normalized spacial score (nSPS) is 10.8. The summed E-state index contributed by atoms with van der Waals surface area (Å²) in [6.07, 6.45) is 3.64. The maximum atomic E-state index is 12.3. The molecule has 28 heavy (non-hydrogen) atoms. The lowest BCUT2D eigenvalue weighted by atomic mass is 10.2. The van der Waals surface area contributed by atoms with E-state index < -0.39 is 0 Å². The zero-order chi connectivity index (χ0) is 19.5. The largest absolute Gasteiger partial charge is 0.302 e. The molecule has 0 radical (unpaired) electrons. The fourth-order valence-corrected chi connectivity index (χ4v) is 4.53. The van der Waals surface area contributed by atoms with Crippen molar-refractivity contribution in [2.45, 2.75) is 6.42 Å². The predicted molar refractivity (Wildman–Crippen MR) is 115 cm³/mol. The number of thiazole rings is 2. The van der Waals surface area contributed by atoms with Gasteiger partial charge in [0.2, 0.25) is 5.91 Å². The number of carbonyl (C=O) groups is 1. The fourth-order valence-electron chi connectivity index (χ4n) is 2.49. The van der Waals surface area contributed by atoms with E-state index in [0.29, 0.717) is 26.6 Å². The SMILES string of the molecule is O=C(Cc1csc(-c2cccnc2)n1)Nc1nc(-c2ccc(Cl)cc2Cl)cs1. The summed E-state index contributed by atoms with van der Waals surface area (Å²) in [5.74, 6) is -0.175. The minimum Gasteiger partial charge on any atom is -0.302 e. The van der Waals surface area contributed by atoms with Crippen LogP contribution in [0.15, 0.2) is 53.5 Å². The number of hydrogen-bond acceptors (Lipinski definition) is 6. The molecule has 0 atom stereocenters. The topological polar surface area (TPSA) is 67.8 Å². The van der Waals surface area contributed by atoms with Crippen LogP contribution in [0.1, 0.15) is 5.69 Å². The highest BCUT2D eigenvalue weighted by Gasteiger charge is 2.13. The van der Waals surface area contributed by atoms with Crippen molar-refractivity contribution in [3.63, 3.8) is 0 Å². The van der Waals surface area contributed by atoms with Crippen molar-refractivity contribution < 1.29 is 4.79 Å². The summed E-state index contributed by atoms with van der Waals surface area (Å²) in [6, 6.07) is 9.02. The number of nitrogens with zero attached hydrogens (tertiary/aromatic N) is 3. The van der Waals surface area contributed by atoms with Gasteiger partial charge >= 0.3 is 0 Å². The molecule has 0 fully saturated rings. The van der Waals surface area contributed by atoms with Crippen LogP contribution in [0.2, 0.25) is 10.0 Å². The van der Waals surface area contributed by atoms with E-state index in [1.807, 2.05) is 22.9 Å². The lowest BCUT2D eigenvalue weighted by Crippen LogP contribution is -2.14. The summed E-state index contributed by atoms with van der Waals surface area (Å²) in [7, 11) is 0. The van der Waals surface area contributed by atoms with Gasteiger partial charge in [-0.2, -0.15) is 0 Å². The average Bonchev–Trinajstić information content (AvgIpc) is 3.32. The van der Waals surface area contributed by atoms with Crippen LogP contribution >= 0.6 is 45.9 Å². The molecule has 0 saturated heterocycles. The quantitative estimate of drug-likeness (QED) is 0.419. The van der Waals surface area contributed by atoms with Gasteiger partial charge in [0, 0.05) is 39.3 Å². The van der Waals surface area contributed by atoms with Crippen molar-refractivity contribution in [3.8, 4) is 21.8 Å². The van der Waals surface area contributed by atoms with E-state index in [0.717, 1.165) is 16.1 Å². The molecule has 0 aliphatic heterocycles. The van der Waals surface area contributed by atoms with E-state index in [-0.39, 0.29) is 12.3 Å². The molecule has 0 spiro atoms. The molecule has 3 aromatic heterocycles. The Balaban J connectivity index is 1.42. The minimum absolute atomic E-state index is 0.174. The molecule has 1 N–H and O–H groups in total. The van der Waals surface area contributed by atoms with Gasteiger partial charge in [0.05, 0.1) is 22.8 Å². The summed E-state index contributed by atoms with van der Waals surface area (Å²) in [6.45, 7) is 0. The Bertz CT molecular complexity index is 1130. The second-order valence-electron chi connectivity index (χ2n) is 5.77. The molecule has 4 aromatic rings. The number of aromatic nitrogens is 3. The summed E-state index contributed by atoms with van der Waals surface area (Å²) in [5, 5.41) is 8.95. The standard InChI is InChI=1S/C19H12Cl2N4OS2/c20-12-3-4-14(15(21)6-12)16-10-28-19(24-16)25-17(26)7-13-9-27-18(23-13)11-2-1-5-22-8-11/h1-6,8-10H,7H2,(H,24,25,26). The molecule has 5 nitrogen and oxygen atoms in total. The van der Waals surface area contributed by atoms with Crippen LogP contribution < -0.4 is 5.32 Å². The molecule has 4 rings (SSSR count). The van der Waals surface area contributed by atoms with Crippen LogP contribution in [0.5, 0.6) is 0 Å². The van der Waals surface area contributed by atoms with E-state index in [2.05, 4.69) is 20.3 Å². The molecular formula is C19H12Cl2N4OS2. The number of pyridine rings is 1. The predicted octanol–water partition coefficient (Wildman–Crippen LogP) is 5.82. The summed E-state index contributed by atoms with van der Waals surface area (Å²) in [4.78, 5) is 25.4. The van der Waals surface area contributed by atoms with E-state index >= 15 is 0 Å². The van der Waals surface area contributed by atoms with E-state index in [9.17, 15) is 4.79 Å². The van der Waals surface area contributed by atoms with Crippen molar-refractivity contribution in [3.05, 3.63) is 69.2 Å². The van der Waals surface area contributed by atoms with Crippen molar-refractivity contribution in [1.82, 2.24) is 15.0 Å². The number of benzene rings is 1. The molecule has 0 aliphatic rings. The van der Waals surface area contributed by atoms with Gasteiger partial charge in [-0.3, -0.25) is 9.78 Å². The highest BCUT2D eigenvalue weighted by molar-refractivity contribution is 7.14. The molecule has 0 unspecified atom stereocenters. The smallest absolute Gasteiger partial charge is 0.232 e. The Morgan fingerprint density at radius 3 is 2.79 bits per heavy atom. The third-order valence-corrected chi connectivity index (χ3v) is 6.01. The van der Waals surface area contributed by atoms with Crippen LogP contribution in [0, 0.1) is 0 Å². The number of anilines is 1. The van der Waals surface area contributed by atoms with E-state index in [1.165, 1.54) is 22.7 Å². The van der Waals surface area contributed by atoms with Gasteiger partial charge in [0.15, 0.2) is 5.13 Å². The molecule has 0 bridgehead atoms. The zero-order valence-corrected chi connectivity index (χ0v) is 17.4. The Kier molecular flexibility index (Phi) is 5.68. The Hall–Kier alpha value is -2.32. The van der Waals surface area contributed by atoms with Crippen molar-refractivity contribution in [1.29, 1.82) is 0 Å². The van der Waals surface area contributed by atoms with Gasteiger partial charge in [-0.1, -0.05) is 23.2 Å². The van der Waals surface area contributed by atoms with Crippen molar-refractivity contribution >= 4 is 56.9 Å². The molecule has 0 saturated carbocycles. The third kappa shape index (κ3) is 4.39. The first-order valence-corrected chi connectivity index (χ1v) is 10.7. The number of carbonyl (C=O) groups excluding carboxylic acids is 1. The lowest BCUT2D eigenvalue weighted by Gasteiger charge is -2.01. The number of amides is 1. The fraction of sp³-hybridized carbons (Fsp3) is 0.0526. The van der Waals surface area contributed by atoms with Crippen LogP contribution in [-0.4, -0.2) is 20.9 Å². The summed E-state index contributed by atoms with van der Waals surface area (Å²) < 4.78 is 0. The number of nitrogens with one attached hydrogen (secondary N) is 1. The average molecular weight is 447 g/mol. The lowest BCUT2D eigenvalue weighted by molar-refractivity contribution is -0.115. The Morgan fingerprint density at radius 1 is 1.11 bits per heavy atom. The first-order chi connectivity index (χ1) is 13.6. The third-order valence-electron chi connectivity index (χ3n) is 3.76. The monoisotopic (exact) mass is 446 g/mol. The highest BCUT2D eigenvalue weighted by atomic mass is 35.5. The first kappa shape index (κ1) is 19.0.